The van der Waals surface area contributed by atoms with Crippen LogP contribution in [0.5, 0.6) is 0 Å². The predicted molar refractivity (Wildman–Crippen MR) is 70.6 cm³/mol. The van der Waals surface area contributed by atoms with Gasteiger partial charge in [0.2, 0.25) is 0 Å². The van der Waals surface area contributed by atoms with E-state index in [1.54, 1.807) is 19.3 Å². The highest BCUT2D eigenvalue weighted by Gasteiger charge is 2.15. The first kappa shape index (κ1) is 13.6. The molecular weight excluding hydrogens is 246 g/mol. The van der Waals surface area contributed by atoms with Crippen LogP contribution in [0.4, 0.5) is 8.78 Å². The van der Waals surface area contributed by atoms with Crippen molar-refractivity contribution in [3.63, 3.8) is 0 Å². The second-order valence-electron chi connectivity index (χ2n) is 4.54. The van der Waals surface area contributed by atoms with Crippen LogP contribution in [0.25, 0.3) is 0 Å². The van der Waals surface area contributed by atoms with Gasteiger partial charge in [-0.15, -0.1) is 0 Å². The Morgan fingerprint density at radius 3 is 2.53 bits per heavy atom. The fraction of sp³-hybridized carbons (Fsp3) is 0.267. The number of nitrogens with zero attached hydrogens (tertiary/aromatic N) is 1. The minimum absolute atomic E-state index is 0.0780. The van der Waals surface area contributed by atoms with Gasteiger partial charge >= 0.3 is 0 Å². The van der Waals surface area contributed by atoms with Crippen molar-refractivity contribution in [1.82, 2.24) is 10.3 Å². The molecule has 2 aromatic rings. The molecule has 2 nitrogen and oxygen atoms in total. The molecule has 100 valence electrons. The summed E-state index contributed by atoms with van der Waals surface area (Å²) in [5, 5.41) is 3.13. The third-order valence-electron chi connectivity index (χ3n) is 3.17. The molecule has 19 heavy (non-hydrogen) atoms. The molecule has 4 heteroatoms. The zero-order valence-electron chi connectivity index (χ0n) is 11.0. The summed E-state index contributed by atoms with van der Waals surface area (Å²) in [6, 6.07) is 5.41. The first-order chi connectivity index (χ1) is 9.09. The Morgan fingerprint density at radius 2 is 1.89 bits per heavy atom. The fourth-order valence-corrected chi connectivity index (χ4v) is 1.99. The molecule has 1 N–H and O–H groups in total. The van der Waals surface area contributed by atoms with E-state index in [2.05, 4.69) is 10.3 Å². The molecule has 0 saturated heterocycles. The maximum atomic E-state index is 13.6. The highest BCUT2D eigenvalue weighted by atomic mass is 19.1. The zero-order valence-corrected chi connectivity index (χ0v) is 11.0. The Bertz CT molecular complexity index is 550. The van der Waals surface area contributed by atoms with Crippen molar-refractivity contribution in [3.8, 4) is 0 Å². The normalized spacial score (nSPS) is 12.4. The third-order valence-corrected chi connectivity index (χ3v) is 3.17. The number of benzene rings is 1. The van der Waals surface area contributed by atoms with Gasteiger partial charge in [0, 0.05) is 30.5 Å². The second-order valence-corrected chi connectivity index (χ2v) is 4.54. The summed E-state index contributed by atoms with van der Waals surface area (Å²) in [7, 11) is 0. The summed E-state index contributed by atoms with van der Waals surface area (Å²) in [6.07, 6.45) is 3.48. The first-order valence-corrected chi connectivity index (χ1v) is 6.16. The molecule has 1 unspecified atom stereocenters. The Kier molecular flexibility index (Phi) is 4.22. The smallest absolute Gasteiger partial charge is 0.130 e. The minimum Gasteiger partial charge on any atom is -0.306 e. The molecule has 0 saturated carbocycles. The van der Waals surface area contributed by atoms with Gasteiger partial charge in [0.15, 0.2) is 0 Å². The van der Waals surface area contributed by atoms with Crippen LogP contribution in [0.3, 0.4) is 0 Å². The Labute approximate surface area is 111 Å². The summed E-state index contributed by atoms with van der Waals surface area (Å²) >= 11 is 0. The lowest BCUT2D eigenvalue weighted by Crippen LogP contribution is -2.20. The highest BCUT2D eigenvalue weighted by molar-refractivity contribution is 5.24. The zero-order chi connectivity index (χ0) is 13.8. The van der Waals surface area contributed by atoms with Crippen LogP contribution in [0.2, 0.25) is 0 Å². The van der Waals surface area contributed by atoms with Crippen LogP contribution in [-0.2, 0) is 6.54 Å². The standard InChI is InChI=1S/C15H16F2N2/c1-10-8-18-7-6-12(10)9-19-11(2)15-13(16)4-3-5-14(15)17/h3-8,11,19H,9H2,1-2H3. The van der Waals surface area contributed by atoms with E-state index in [9.17, 15) is 8.78 Å². The van der Waals surface area contributed by atoms with Gasteiger partial charge in [-0.05, 0) is 43.2 Å². The largest absolute Gasteiger partial charge is 0.306 e. The molecule has 0 aliphatic rings. The van der Waals surface area contributed by atoms with Crippen molar-refractivity contribution in [1.29, 1.82) is 0 Å². The Hall–Kier alpha value is -1.81. The van der Waals surface area contributed by atoms with E-state index in [-0.39, 0.29) is 5.56 Å². The van der Waals surface area contributed by atoms with Gasteiger partial charge < -0.3 is 5.32 Å². The van der Waals surface area contributed by atoms with E-state index in [1.165, 1.54) is 18.2 Å². The molecular formula is C15H16F2N2. The molecule has 0 radical (unpaired) electrons. The van der Waals surface area contributed by atoms with Crippen LogP contribution in [0, 0.1) is 18.6 Å². The Balaban J connectivity index is 2.10. The van der Waals surface area contributed by atoms with Gasteiger partial charge in [0.1, 0.15) is 11.6 Å². The number of halogens is 2. The van der Waals surface area contributed by atoms with Gasteiger partial charge in [-0.25, -0.2) is 8.78 Å². The lowest BCUT2D eigenvalue weighted by Gasteiger charge is -2.16. The summed E-state index contributed by atoms with van der Waals surface area (Å²) in [5.74, 6) is -1.04. The lowest BCUT2D eigenvalue weighted by molar-refractivity contribution is 0.487. The molecule has 2 rings (SSSR count). The Morgan fingerprint density at radius 1 is 1.21 bits per heavy atom. The van der Waals surface area contributed by atoms with Crippen molar-refractivity contribution in [2.45, 2.75) is 26.4 Å². The molecule has 1 aromatic carbocycles. The van der Waals surface area contributed by atoms with E-state index < -0.39 is 17.7 Å². The van der Waals surface area contributed by atoms with E-state index in [0.29, 0.717) is 6.54 Å². The van der Waals surface area contributed by atoms with Gasteiger partial charge in [0.05, 0.1) is 0 Å². The summed E-state index contributed by atoms with van der Waals surface area (Å²) in [6.45, 7) is 4.25. The lowest BCUT2D eigenvalue weighted by atomic mass is 10.1. The molecule has 0 fully saturated rings. The van der Waals surface area contributed by atoms with Crippen LogP contribution in [-0.4, -0.2) is 4.98 Å². The van der Waals surface area contributed by atoms with Gasteiger partial charge in [-0.3, -0.25) is 4.98 Å². The molecule has 0 bridgehead atoms. The maximum absolute atomic E-state index is 13.6. The fourth-order valence-electron chi connectivity index (χ4n) is 1.99. The molecule has 0 amide bonds. The van der Waals surface area contributed by atoms with Crippen molar-refractivity contribution < 1.29 is 8.78 Å². The number of hydrogen-bond donors (Lipinski definition) is 1. The van der Waals surface area contributed by atoms with Gasteiger partial charge in [-0.2, -0.15) is 0 Å². The van der Waals surface area contributed by atoms with Gasteiger partial charge in [0.25, 0.3) is 0 Å². The van der Waals surface area contributed by atoms with Crippen LogP contribution >= 0.6 is 0 Å². The second kappa shape index (κ2) is 5.89. The molecule has 1 atom stereocenters. The van der Waals surface area contributed by atoms with Crippen molar-refractivity contribution >= 4 is 0 Å². The van der Waals surface area contributed by atoms with Crippen LogP contribution in [0.1, 0.15) is 29.7 Å². The van der Waals surface area contributed by atoms with E-state index >= 15 is 0 Å². The minimum atomic E-state index is -0.522. The number of rotatable bonds is 4. The monoisotopic (exact) mass is 262 g/mol. The topological polar surface area (TPSA) is 24.9 Å². The average Bonchev–Trinajstić information content (AvgIpc) is 2.37. The van der Waals surface area contributed by atoms with Gasteiger partial charge in [-0.1, -0.05) is 6.07 Å². The molecule has 0 aliphatic heterocycles. The van der Waals surface area contributed by atoms with Crippen molar-refractivity contribution in [3.05, 3.63) is 65.0 Å². The molecule has 1 heterocycles. The van der Waals surface area contributed by atoms with Crippen LogP contribution in [0.15, 0.2) is 36.7 Å². The quantitative estimate of drug-likeness (QED) is 0.912. The molecule has 0 spiro atoms. The number of hydrogen-bond acceptors (Lipinski definition) is 2. The first-order valence-electron chi connectivity index (χ1n) is 6.16. The number of nitrogens with one attached hydrogen (secondary N) is 1. The maximum Gasteiger partial charge on any atom is 0.130 e. The van der Waals surface area contributed by atoms with E-state index in [4.69, 9.17) is 0 Å². The predicted octanol–water partition coefficient (Wildman–Crippen LogP) is 3.52. The van der Waals surface area contributed by atoms with Crippen molar-refractivity contribution in [2.24, 2.45) is 0 Å². The number of aromatic nitrogens is 1. The summed E-state index contributed by atoms with van der Waals surface area (Å²) < 4.78 is 27.2. The highest BCUT2D eigenvalue weighted by Crippen LogP contribution is 2.20. The SMILES string of the molecule is Cc1cnccc1CNC(C)c1c(F)cccc1F. The average molecular weight is 262 g/mol. The van der Waals surface area contributed by atoms with E-state index in [1.807, 2.05) is 13.0 Å². The van der Waals surface area contributed by atoms with E-state index in [0.717, 1.165) is 11.1 Å². The van der Waals surface area contributed by atoms with Crippen LogP contribution < -0.4 is 5.32 Å². The summed E-state index contributed by atoms with van der Waals surface area (Å²) in [5.41, 5.74) is 2.20. The number of aryl methyl sites for hydroxylation is 1. The molecule has 0 aliphatic carbocycles. The van der Waals surface area contributed by atoms with Crippen molar-refractivity contribution in [2.75, 3.05) is 0 Å². The summed E-state index contributed by atoms with van der Waals surface area (Å²) in [4.78, 5) is 4.01. The number of pyridine rings is 1. The third kappa shape index (κ3) is 3.15. The molecule has 1 aromatic heterocycles.